The summed E-state index contributed by atoms with van der Waals surface area (Å²) in [7, 11) is 0. The molecule has 0 bridgehead atoms. The number of carbonyl (C=O) groups is 1. The highest BCUT2D eigenvalue weighted by molar-refractivity contribution is 7.14. The summed E-state index contributed by atoms with van der Waals surface area (Å²) < 4.78 is 0. The van der Waals surface area contributed by atoms with Gasteiger partial charge in [-0.15, -0.1) is 11.3 Å². The quantitative estimate of drug-likeness (QED) is 0.743. The Morgan fingerprint density at radius 3 is 2.53 bits per heavy atom. The number of benzene rings is 1. The molecule has 2 aromatic rings. The maximum atomic E-state index is 10.9. The monoisotopic (exact) mass is 236 g/mol. The molecule has 15 heavy (non-hydrogen) atoms. The molecular formula is C12H9ClOS. The van der Waals surface area contributed by atoms with E-state index in [0.717, 1.165) is 12.0 Å². The van der Waals surface area contributed by atoms with Gasteiger partial charge in [-0.3, -0.25) is 4.79 Å². The van der Waals surface area contributed by atoms with E-state index < -0.39 is 0 Å². The zero-order valence-electron chi connectivity index (χ0n) is 7.94. The molecule has 1 heterocycles. The van der Waals surface area contributed by atoms with Crippen LogP contribution >= 0.6 is 22.9 Å². The van der Waals surface area contributed by atoms with E-state index in [4.69, 9.17) is 11.6 Å². The van der Waals surface area contributed by atoms with E-state index >= 15 is 0 Å². The average molecular weight is 237 g/mol. The lowest BCUT2D eigenvalue weighted by Gasteiger charge is -1.96. The van der Waals surface area contributed by atoms with Crippen LogP contribution in [0.3, 0.4) is 0 Å². The van der Waals surface area contributed by atoms with Crippen LogP contribution in [0, 0.1) is 0 Å². The van der Waals surface area contributed by atoms with Crippen molar-refractivity contribution in [3.63, 3.8) is 0 Å². The number of hydrogen-bond donors (Lipinski definition) is 0. The normalized spacial score (nSPS) is 10.2. The van der Waals surface area contributed by atoms with Gasteiger partial charge in [0, 0.05) is 0 Å². The lowest BCUT2D eigenvalue weighted by Crippen LogP contribution is -1.85. The largest absolute Gasteiger partial charge is 0.275 e. The van der Waals surface area contributed by atoms with Gasteiger partial charge in [0.05, 0.1) is 4.88 Å². The zero-order chi connectivity index (χ0) is 10.7. The molecule has 1 aromatic heterocycles. The first-order valence-electron chi connectivity index (χ1n) is 4.57. The predicted octanol–water partition coefficient (Wildman–Crippen LogP) is 3.72. The SMILES string of the molecule is O=C(Cl)c1cc(Cc2ccccc2)cs1. The fourth-order valence-corrected chi connectivity index (χ4v) is 2.33. The molecule has 0 spiro atoms. The Labute approximate surface area is 97.3 Å². The number of halogens is 1. The molecule has 76 valence electrons. The minimum Gasteiger partial charge on any atom is -0.275 e. The molecule has 0 fully saturated rings. The average Bonchev–Trinajstić information content (AvgIpc) is 2.68. The van der Waals surface area contributed by atoms with E-state index in [0.29, 0.717) is 4.88 Å². The van der Waals surface area contributed by atoms with E-state index in [1.54, 1.807) is 0 Å². The van der Waals surface area contributed by atoms with Crippen molar-refractivity contribution in [2.24, 2.45) is 0 Å². The van der Waals surface area contributed by atoms with Crippen LogP contribution in [0.2, 0.25) is 0 Å². The maximum absolute atomic E-state index is 10.9. The van der Waals surface area contributed by atoms with Gasteiger partial charge in [0.25, 0.3) is 5.24 Å². The van der Waals surface area contributed by atoms with E-state index in [2.05, 4.69) is 12.1 Å². The molecule has 3 heteroatoms. The Morgan fingerprint density at radius 1 is 1.20 bits per heavy atom. The van der Waals surface area contributed by atoms with E-state index in [1.807, 2.05) is 29.6 Å². The van der Waals surface area contributed by atoms with Crippen molar-refractivity contribution in [2.45, 2.75) is 6.42 Å². The van der Waals surface area contributed by atoms with Crippen LogP contribution in [0.5, 0.6) is 0 Å². The van der Waals surface area contributed by atoms with Gasteiger partial charge in [-0.25, -0.2) is 0 Å². The molecule has 0 saturated heterocycles. The Bertz CT molecular complexity index is 461. The van der Waals surface area contributed by atoms with Gasteiger partial charge in [0.1, 0.15) is 0 Å². The summed E-state index contributed by atoms with van der Waals surface area (Å²) in [5, 5.41) is 1.60. The first-order chi connectivity index (χ1) is 7.25. The molecule has 0 N–H and O–H groups in total. The third-order valence-corrected chi connectivity index (χ3v) is 3.39. The lowest BCUT2D eigenvalue weighted by atomic mass is 10.1. The van der Waals surface area contributed by atoms with Crippen molar-refractivity contribution < 1.29 is 4.79 Å². The van der Waals surface area contributed by atoms with Crippen LogP contribution in [-0.4, -0.2) is 5.24 Å². The first kappa shape index (κ1) is 10.4. The number of rotatable bonds is 3. The van der Waals surface area contributed by atoms with Crippen molar-refractivity contribution in [3.8, 4) is 0 Å². The lowest BCUT2D eigenvalue weighted by molar-refractivity contribution is 0.108. The molecular weight excluding hydrogens is 228 g/mol. The van der Waals surface area contributed by atoms with Crippen molar-refractivity contribution in [1.82, 2.24) is 0 Å². The molecule has 0 amide bonds. The Balaban J connectivity index is 2.15. The topological polar surface area (TPSA) is 17.1 Å². The van der Waals surface area contributed by atoms with Crippen LogP contribution in [-0.2, 0) is 6.42 Å². The molecule has 0 aliphatic carbocycles. The molecule has 0 aliphatic heterocycles. The summed E-state index contributed by atoms with van der Waals surface area (Å²) in [6.45, 7) is 0. The number of thiophene rings is 1. The second-order valence-electron chi connectivity index (χ2n) is 3.26. The van der Waals surface area contributed by atoms with Gasteiger partial charge >= 0.3 is 0 Å². The van der Waals surface area contributed by atoms with Crippen LogP contribution < -0.4 is 0 Å². The third kappa shape index (κ3) is 2.67. The Morgan fingerprint density at radius 2 is 1.93 bits per heavy atom. The number of carbonyl (C=O) groups excluding carboxylic acids is 1. The molecule has 0 radical (unpaired) electrons. The Kier molecular flexibility index (Phi) is 3.19. The summed E-state index contributed by atoms with van der Waals surface area (Å²) in [6.07, 6.45) is 0.849. The highest BCUT2D eigenvalue weighted by atomic mass is 35.5. The fraction of sp³-hybridized carbons (Fsp3) is 0.0833. The molecule has 0 unspecified atom stereocenters. The van der Waals surface area contributed by atoms with Crippen molar-refractivity contribution in [3.05, 3.63) is 57.8 Å². The van der Waals surface area contributed by atoms with Crippen LogP contribution in [0.15, 0.2) is 41.8 Å². The van der Waals surface area contributed by atoms with Crippen molar-refractivity contribution in [2.75, 3.05) is 0 Å². The summed E-state index contributed by atoms with van der Waals surface area (Å²) in [6, 6.07) is 12.0. The smallest absolute Gasteiger partial charge is 0.262 e. The first-order valence-corrected chi connectivity index (χ1v) is 5.82. The van der Waals surface area contributed by atoms with E-state index in [1.165, 1.54) is 16.9 Å². The third-order valence-electron chi connectivity index (χ3n) is 2.10. The van der Waals surface area contributed by atoms with Gasteiger partial charge in [0.15, 0.2) is 0 Å². The van der Waals surface area contributed by atoms with Crippen molar-refractivity contribution >= 4 is 28.2 Å². The summed E-state index contributed by atoms with van der Waals surface area (Å²) in [5.74, 6) is 0. The van der Waals surface area contributed by atoms with Crippen LogP contribution in [0.25, 0.3) is 0 Å². The Hall–Kier alpha value is -1.12. The minimum atomic E-state index is -0.376. The number of hydrogen-bond acceptors (Lipinski definition) is 2. The van der Waals surface area contributed by atoms with Crippen LogP contribution in [0.1, 0.15) is 20.8 Å². The summed E-state index contributed by atoms with van der Waals surface area (Å²) >= 11 is 6.79. The highest BCUT2D eigenvalue weighted by Crippen LogP contribution is 2.19. The molecule has 2 rings (SSSR count). The van der Waals surface area contributed by atoms with E-state index in [9.17, 15) is 4.79 Å². The minimum absolute atomic E-state index is 0.376. The second-order valence-corrected chi connectivity index (χ2v) is 4.51. The van der Waals surface area contributed by atoms with E-state index in [-0.39, 0.29) is 5.24 Å². The van der Waals surface area contributed by atoms with Gasteiger partial charge in [0.2, 0.25) is 0 Å². The van der Waals surface area contributed by atoms with Gasteiger partial charge in [-0.05, 0) is 40.6 Å². The molecule has 0 atom stereocenters. The van der Waals surface area contributed by atoms with Crippen molar-refractivity contribution in [1.29, 1.82) is 0 Å². The highest BCUT2D eigenvalue weighted by Gasteiger charge is 2.05. The van der Waals surface area contributed by atoms with Gasteiger partial charge in [-0.2, -0.15) is 0 Å². The molecule has 0 aliphatic rings. The second kappa shape index (κ2) is 4.60. The summed E-state index contributed by atoms with van der Waals surface area (Å²) in [5.41, 5.74) is 2.37. The standard InChI is InChI=1S/C12H9ClOS/c13-12(14)11-7-10(8-15-11)6-9-4-2-1-3-5-9/h1-5,7-8H,6H2. The molecule has 1 aromatic carbocycles. The zero-order valence-corrected chi connectivity index (χ0v) is 9.52. The molecule has 0 saturated carbocycles. The van der Waals surface area contributed by atoms with Gasteiger partial charge < -0.3 is 0 Å². The fourth-order valence-electron chi connectivity index (χ4n) is 1.40. The summed E-state index contributed by atoms with van der Waals surface area (Å²) in [4.78, 5) is 11.5. The maximum Gasteiger partial charge on any atom is 0.262 e. The molecule has 1 nitrogen and oxygen atoms in total. The predicted molar refractivity (Wildman–Crippen MR) is 63.8 cm³/mol. The van der Waals surface area contributed by atoms with Gasteiger partial charge in [-0.1, -0.05) is 30.3 Å². The van der Waals surface area contributed by atoms with Crippen LogP contribution in [0.4, 0.5) is 0 Å².